The molecule has 2 aromatic rings. The van der Waals surface area contributed by atoms with E-state index >= 15 is 0 Å². The molecule has 1 fully saturated rings. The molecule has 0 amide bonds. The Bertz CT molecular complexity index is 820. The normalized spacial score (nSPS) is 12.0. The van der Waals surface area contributed by atoms with Crippen molar-refractivity contribution in [3.8, 4) is 23.4 Å². The highest BCUT2D eigenvalue weighted by atomic mass is 32.1. The first-order chi connectivity index (χ1) is 16.2. The van der Waals surface area contributed by atoms with Crippen LogP contribution in [0.3, 0.4) is 0 Å². The molecule has 2 heterocycles. The van der Waals surface area contributed by atoms with E-state index in [2.05, 4.69) is 27.1 Å². The number of piperidine rings is 1. The minimum absolute atomic E-state index is 0. The first-order valence-electron chi connectivity index (χ1n) is 12.2. The largest absolute Gasteiger partial charge is 0.359 e. The van der Waals surface area contributed by atoms with Crippen molar-refractivity contribution >= 4 is 16.5 Å². The molecule has 0 bridgehead atoms. The molecule has 0 spiro atoms. The summed E-state index contributed by atoms with van der Waals surface area (Å²) in [6.45, 7) is 18.0. The zero-order valence-corrected chi connectivity index (χ0v) is 22.6. The summed E-state index contributed by atoms with van der Waals surface area (Å²) in [5, 5.41) is 26.9. The molecular weight excluding hydrogens is 438 g/mol. The first kappa shape index (κ1) is 35.9. The van der Waals surface area contributed by atoms with Gasteiger partial charge in [0, 0.05) is 22.6 Å². The third-order valence-corrected chi connectivity index (χ3v) is 4.94. The second kappa shape index (κ2) is 25.0. The minimum atomic E-state index is 0. The molecule has 1 aromatic carbocycles. The van der Waals surface area contributed by atoms with Gasteiger partial charge in [-0.25, -0.2) is 4.98 Å². The van der Waals surface area contributed by atoms with Gasteiger partial charge in [0.25, 0.3) is 0 Å². The number of hydrogen-bond acceptors (Lipinski definition) is 6. The van der Waals surface area contributed by atoms with Crippen LogP contribution in [-0.4, -0.2) is 24.1 Å². The van der Waals surface area contributed by atoms with Crippen LogP contribution < -0.4 is 10.6 Å². The summed E-state index contributed by atoms with van der Waals surface area (Å²) < 4.78 is 0. The van der Waals surface area contributed by atoms with Gasteiger partial charge in [0.2, 0.25) is 0 Å². The molecule has 2 N–H and O–H groups in total. The van der Waals surface area contributed by atoms with Gasteiger partial charge >= 0.3 is 0 Å². The number of aromatic nitrogens is 1. The van der Waals surface area contributed by atoms with E-state index in [9.17, 15) is 0 Å². The topological polar surface area (TPSA) is 84.5 Å². The Kier molecular flexibility index (Phi) is 26.4. The van der Waals surface area contributed by atoms with E-state index in [1.807, 2.05) is 91.8 Å². The molecule has 0 saturated carbocycles. The molecule has 1 aliphatic heterocycles. The molecule has 1 aromatic heterocycles. The summed E-state index contributed by atoms with van der Waals surface area (Å²) in [6, 6.07) is 12.2. The van der Waals surface area contributed by atoms with E-state index in [-0.39, 0.29) is 7.43 Å². The van der Waals surface area contributed by atoms with Gasteiger partial charge in [-0.2, -0.15) is 10.5 Å². The second-order valence-electron chi connectivity index (χ2n) is 6.30. The summed E-state index contributed by atoms with van der Waals surface area (Å²) >= 11 is 1.64. The van der Waals surface area contributed by atoms with Crippen molar-refractivity contribution in [2.45, 2.75) is 88.1 Å². The fourth-order valence-corrected chi connectivity index (χ4v) is 3.48. The van der Waals surface area contributed by atoms with E-state index in [0.717, 1.165) is 54.3 Å². The maximum atomic E-state index is 8.81. The molecule has 1 saturated heterocycles. The Morgan fingerprint density at radius 3 is 2.09 bits per heavy atom. The molecule has 34 heavy (non-hydrogen) atoms. The number of allylic oxidation sites excluding steroid dienone is 2. The Morgan fingerprint density at radius 1 is 1.09 bits per heavy atom. The van der Waals surface area contributed by atoms with Crippen molar-refractivity contribution in [3.05, 3.63) is 46.9 Å². The van der Waals surface area contributed by atoms with Crippen LogP contribution in [0, 0.1) is 22.7 Å². The lowest BCUT2D eigenvalue weighted by molar-refractivity contribution is 0.479. The predicted octanol–water partition coefficient (Wildman–Crippen LogP) is 8.43. The Morgan fingerprint density at radius 2 is 1.65 bits per heavy atom. The lowest BCUT2D eigenvalue weighted by Gasteiger charge is -2.23. The van der Waals surface area contributed by atoms with E-state index in [4.69, 9.17) is 10.5 Å². The smallest absolute Gasteiger partial charge is 0.183 e. The molecule has 0 atom stereocenters. The maximum Gasteiger partial charge on any atom is 0.183 e. The van der Waals surface area contributed by atoms with Gasteiger partial charge in [-0.15, -0.1) is 11.3 Å². The molecule has 3 rings (SSSR count). The van der Waals surface area contributed by atoms with Crippen LogP contribution in [0.25, 0.3) is 11.3 Å². The molecular formula is C28H47N5S. The zero-order valence-electron chi connectivity index (χ0n) is 21.8. The summed E-state index contributed by atoms with van der Waals surface area (Å²) in [7, 11) is 0. The number of nitrogens with one attached hydrogen (secondary N) is 2. The van der Waals surface area contributed by atoms with Crippen LogP contribution in [0.15, 0.2) is 41.3 Å². The van der Waals surface area contributed by atoms with Crippen LogP contribution in [0.1, 0.15) is 87.6 Å². The fourth-order valence-electron chi connectivity index (χ4n) is 2.68. The molecule has 0 aliphatic carbocycles. The number of thiazole rings is 1. The Labute approximate surface area is 214 Å². The lowest BCUT2D eigenvalue weighted by atomic mass is 10.1. The highest BCUT2D eigenvalue weighted by Gasteiger charge is 2.14. The lowest BCUT2D eigenvalue weighted by Crippen LogP contribution is -2.35. The monoisotopic (exact) mass is 485 g/mol. The molecule has 0 radical (unpaired) electrons. The van der Waals surface area contributed by atoms with E-state index in [0.29, 0.717) is 11.6 Å². The molecule has 6 heteroatoms. The SMILES string of the molecule is C.CC.CC.CC.CC/C=C(\C)C#N.N#Cc1ccc(-c2csc(NC3CCNCC3)n2)cc1. The standard InChI is InChI=1S/C15H16N4S.C6H9N.3C2H6.CH4/c16-9-11-1-3-12(4-2-11)14-10-20-15(19-14)18-13-5-7-17-8-6-13;1-3-4-6(2)5-7;3*1-2;/h1-4,10,13,17H,5-8H2,(H,18,19);4H,3H2,1-2H3;3*1-2H3;1H4/b;6-4+;;;;. The molecule has 0 unspecified atom stereocenters. The van der Waals surface area contributed by atoms with Crippen molar-refractivity contribution in [1.29, 1.82) is 10.5 Å². The van der Waals surface area contributed by atoms with Crippen molar-refractivity contribution in [3.63, 3.8) is 0 Å². The average molecular weight is 486 g/mol. The van der Waals surface area contributed by atoms with Crippen molar-refractivity contribution in [2.24, 2.45) is 0 Å². The number of nitrogens with zero attached hydrogens (tertiary/aromatic N) is 3. The summed E-state index contributed by atoms with van der Waals surface area (Å²) in [4.78, 5) is 4.63. The van der Waals surface area contributed by atoms with Crippen LogP contribution in [0.4, 0.5) is 5.13 Å². The molecule has 190 valence electrons. The van der Waals surface area contributed by atoms with Gasteiger partial charge < -0.3 is 10.6 Å². The number of rotatable bonds is 4. The minimum Gasteiger partial charge on any atom is -0.359 e. The van der Waals surface area contributed by atoms with Gasteiger partial charge in [-0.1, -0.05) is 74.1 Å². The fraction of sp³-hybridized carbons (Fsp3) is 0.536. The number of hydrogen-bond donors (Lipinski definition) is 2. The van der Waals surface area contributed by atoms with Crippen LogP contribution in [0.2, 0.25) is 0 Å². The van der Waals surface area contributed by atoms with E-state index < -0.39 is 0 Å². The van der Waals surface area contributed by atoms with Crippen LogP contribution in [0.5, 0.6) is 0 Å². The second-order valence-corrected chi connectivity index (χ2v) is 7.16. The quantitative estimate of drug-likeness (QED) is 0.424. The van der Waals surface area contributed by atoms with Gasteiger partial charge in [-0.05, 0) is 51.4 Å². The predicted molar refractivity (Wildman–Crippen MR) is 152 cm³/mol. The Balaban J connectivity index is -0.000000585. The molecule has 1 aliphatic rings. The average Bonchev–Trinajstić information content (AvgIpc) is 3.37. The van der Waals surface area contributed by atoms with Crippen LogP contribution in [-0.2, 0) is 0 Å². The van der Waals surface area contributed by atoms with E-state index in [1.165, 1.54) is 0 Å². The number of anilines is 1. The third kappa shape index (κ3) is 15.2. The van der Waals surface area contributed by atoms with Crippen LogP contribution >= 0.6 is 11.3 Å². The summed E-state index contributed by atoms with van der Waals surface area (Å²) in [6.07, 6.45) is 5.15. The first-order valence-corrected chi connectivity index (χ1v) is 13.0. The van der Waals surface area contributed by atoms with Crippen molar-refractivity contribution in [2.75, 3.05) is 18.4 Å². The number of nitriles is 2. The van der Waals surface area contributed by atoms with Gasteiger partial charge in [0.05, 0.1) is 23.4 Å². The van der Waals surface area contributed by atoms with Gasteiger partial charge in [-0.3, -0.25) is 0 Å². The summed E-state index contributed by atoms with van der Waals surface area (Å²) in [5.74, 6) is 0. The van der Waals surface area contributed by atoms with Crippen molar-refractivity contribution < 1.29 is 0 Å². The van der Waals surface area contributed by atoms with E-state index in [1.54, 1.807) is 11.3 Å². The van der Waals surface area contributed by atoms with Gasteiger partial charge in [0.15, 0.2) is 5.13 Å². The van der Waals surface area contributed by atoms with Crippen molar-refractivity contribution in [1.82, 2.24) is 10.3 Å². The highest BCUT2D eigenvalue weighted by Crippen LogP contribution is 2.26. The summed E-state index contributed by atoms with van der Waals surface area (Å²) in [5.41, 5.74) is 3.51. The zero-order chi connectivity index (χ0) is 25.5. The molecule has 5 nitrogen and oxygen atoms in total. The highest BCUT2D eigenvalue weighted by molar-refractivity contribution is 7.14. The van der Waals surface area contributed by atoms with Gasteiger partial charge in [0.1, 0.15) is 0 Å². The maximum absolute atomic E-state index is 8.81. The number of benzene rings is 1. The third-order valence-electron chi connectivity index (χ3n) is 4.17. The Hall–Kier alpha value is -2.67.